The standard InChI is InChI=1S/C18H25Cl/c1-2-3-4-5-6-7-8-9-10-11-12-13-14-15-16-17-18-19/h1H,3-12,15,18H2. The minimum atomic E-state index is 0.407. The van der Waals surface area contributed by atoms with Crippen molar-refractivity contribution in [2.75, 3.05) is 5.88 Å². The van der Waals surface area contributed by atoms with Gasteiger partial charge < -0.3 is 0 Å². The minimum absolute atomic E-state index is 0.407. The van der Waals surface area contributed by atoms with Gasteiger partial charge in [-0.2, -0.15) is 0 Å². The van der Waals surface area contributed by atoms with Crippen molar-refractivity contribution in [1.29, 1.82) is 0 Å². The van der Waals surface area contributed by atoms with Crippen LogP contribution in [-0.4, -0.2) is 5.88 Å². The van der Waals surface area contributed by atoms with Crippen molar-refractivity contribution < 1.29 is 0 Å². The van der Waals surface area contributed by atoms with Crippen LogP contribution in [0.5, 0.6) is 0 Å². The zero-order chi connectivity index (χ0) is 14.0. The lowest BCUT2D eigenvalue weighted by Crippen LogP contribution is -1.81. The fourth-order valence-corrected chi connectivity index (χ4v) is 1.90. The molecule has 0 aliphatic carbocycles. The fourth-order valence-electron chi connectivity index (χ4n) is 1.81. The lowest BCUT2D eigenvalue weighted by Gasteiger charge is -1.99. The molecule has 0 aliphatic rings. The third-order valence-corrected chi connectivity index (χ3v) is 3.00. The quantitative estimate of drug-likeness (QED) is 0.310. The largest absolute Gasteiger partial charge is 0.120 e. The average Bonchev–Trinajstić information content (AvgIpc) is 2.43. The zero-order valence-electron chi connectivity index (χ0n) is 11.9. The molecule has 0 amide bonds. The maximum Gasteiger partial charge on any atom is 0.0835 e. The van der Waals surface area contributed by atoms with E-state index in [0.29, 0.717) is 12.3 Å². The molecule has 0 saturated heterocycles. The van der Waals surface area contributed by atoms with Crippen LogP contribution >= 0.6 is 11.6 Å². The Morgan fingerprint density at radius 1 is 0.632 bits per heavy atom. The molecule has 0 radical (unpaired) electrons. The molecule has 0 aromatic heterocycles. The van der Waals surface area contributed by atoms with Gasteiger partial charge in [0.05, 0.1) is 12.3 Å². The van der Waals surface area contributed by atoms with Crippen molar-refractivity contribution >= 4 is 11.6 Å². The molecule has 104 valence electrons. The smallest absolute Gasteiger partial charge is 0.0835 e. The summed E-state index contributed by atoms with van der Waals surface area (Å²) in [5, 5.41) is 0. The Morgan fingerprint density at radius 2 is 1.16 bits per heavy atom. The number of hydrogen-bond acceptors (Lipinski definition) is 0. The summed E-state index contributed by atoms with van der Waals surface area (Å²) in [6.45, 7) is 0. The number of hydrogen-bond donors (Lipinski definition) is 0. The highest BCUT2D eigenvalue weighted by atomic mass is 35.5. The maximum absolute atomic E-state index is 5.43. The highest BCUT2D eigenvalue weighted by Gasteiger charge is 1.91. The van der Waals surface area contributed by atoms with Gasteiger partial charge >= 0.3 is 0 Å². The van der Waals surface area contributed by atoms with Crippen LogP contribution in [0.2, 0.25) is 0 Å². The van der Waals surface area contributed by atoms with Crippen LogP contribution in [-0.2, 0) is 0 Å². The fraction of sp³-hybridized carbons (Fsp3) is 0.667. The zero-order valence-corrected chi connectivity index (χ0v) is 12.7. The van der Waals surface area contributed by atoms with Crippen molar-refractivity contribution in [3.8, 4) is 36.0 Å². The molecule has 0 rings (SSSR count). The van der Waals surface area contributed by atoms with Gasteiger partial charge in [0.25, 0.3) is 0 Å². The van der Waals surface area contributed by atoms with Crippen molar-refractivity contribution in [3.63, 3.8) is 0 Å². The van der Waals surface area contributed by atoms with Crippen LogP contribution in [0.15, 0.2) is 0 Å². The van der Waals surface area contributed by atoms with Gasteiger partial charge in [0.15, 0.2) is 0 Å². The third-order valence-electron chi connectivity index (χ3n) is 2.87. The number of alkyl halides is 1. The van der Waals surface area contributed by atoms with Gasteiger partial charge in [0, 0.05) is 12.8 Å². The number of rotatable bonds is 9. The number of unbranched alkanes of at least 4 members (excludes halogenated alkanes) is 9. The average molecular weight is 277 g/mol. The minimum Gasteiger partial charge on any atom is -0.120 e. The highest BCUT2D eigenvalue weighted by molar-refractivity contribution is 6.19. The Bertz CT molecular complexity index is 340. The summed E-state index contributed by atoms with van der Waals surface area (Å²) in [5.74, 6) is 15.0. The van der Waals surface area contributed by atoms with E-state index >= 15 is 0 Å². The summed E-state index contributed by atoms with van der Waals surface area (Å²) in [5.41, 5.74) is 0. The molecule has 0 heterocycles. The SMILES string of the molecule is C#CCCCCCCCCCCC#CCC#CCCl. The molecule has 1 heteroatoms. The summed E-state index contributed by atoms with van der Waals surface area (Å²) in [6.07, 6.45) is 18.2. The molecule has 19 heavy (non-hydrogen) atoms. The first-order valence-corrected chi connectivity index (χ1v) is 7.86. The van der Waals surface area contributed by atoms with Gasteiger partial charge in [-0.1, -0.05) is 56.3 Å². The van der Waals surface area contributed by atoms with E-state index in [1.165, 1.54) is 51.4 Å². The lowest BCUT2D eigenvalue weighted by atomic mass is 10.1. The molecule has 0 fully saturated rings. The maximum atomic E-state index is 5.43. The van der Waals surface area contributed by atoms with Crippen LogP contribution < -0.4 is 0 Å². The molecule has 0 bridgehead atoms. The van der Waals surface area contributed by atoms with Gasteiger partial charge in [0.1, 0.15) is 0 Å². The molecule has 0 nitrogen and oxygen atoms in total. The van der Waals surface area contributed by atoms with Gasteiger partial charge in [-0.15, -0.1) is 29.9 Å². The number of terminal acetylenes is 1. The topological polar surface area (TPSA) is 0 Å². The Morgan fingerprint density at radius 3 is 1.74 bits per heavy atom. The summed E-state index contributed by atoms with van der Waals surface area (Å²) in [4.78, 5) is 0. The molecular weight excluding hydrogens is 252 g/mol. The molecule has 0 unspecified atom stereocenters. The van der Waals surface area contributed by atoms with Crippen LogP contribution in [0.3, 0.4) is 0 Å². The molecular formula is C18H25Cl. The monoisotopic (exact) mass is 276 g/mol. The Kier molecular flexibility index (Phi) is 16.1. The predicted molar refractivity (Wildman–Crippen MR) is 85.9 cm³/mol. The summed E-state index contributed by atoms with van der Waals surface area (Å²) in [7, 11) is 0. The van der Waals surface area contributed by atoms with Crippen LogP contribution in [0.4, 0.5) is 0 Å². The molecule has 0 spiro atoms. The second-order valence-electron chi connectivity index (χ2n) is 4.55. The van der Waals surface area contributed by atoms with E-state index < -0.39 is 0 Å². The van der Waals surface area contributed by atoms with E-state index in [1.807, 2.05) is 0 Å². The van der Waals surface area contributed by atoms with Crippen LogP contribution in [0.25, 0.3) is 0 Å². The predicted octanol–water partition coefficient (Wildman–Crippen LogP) is 5.16. The Hall–Kier alpha value is -1.03. The van der Waals surface area contributed by atoms with E-state index in [9.17, 15) is 0 Å². The molecule has 0 atom stereocenters. The van der Waals surface area contributed by atoms with Gasteiger partial charge in [-0.3, -0.25) is 0 Å². The van der Waals surface area contributed by atoms with Gasteiger partial charge in [-0.25, -0.2) is 0 Å². The molecule has 0 aliphatic heterocycles. The van der Waals surface area contributed by atoms with Gasteiger partial charge in [-0.05, 0) is 12.8 Å². The molecule has 0 aromatic carbocycles. The van der Waals surface area contributed by atoms with E-state index in [0.717, 1.165) is 12.8 Å². The highest BCUT2D eigenvalue weighted by Crippen LogP contribution is 2.10. The third kappa shape index (κ3) is 17.0. The molecule has 0 aromatic rings. The van der Waals surface area contributed by atoms with Crippen molar-refractivity contribution in [1.82, 2.24) is 0 Å². The van der Waals surface area contributed by atoms with Crippen LogP contribution in [0.1, 0.15) is 70.6 Å². The van der Waals surface area contributed by atoms with Crippen LogP contribution in [0, 0.1) is 36.0 Å². The summed E-state index contributed by atoms with van der Waals surface area (Å²) in [6, 6.07) is 0. The Labute approximate surface area is 124 Å². The first-order chi connectivity index (χ1) is 9.41. The summed E-state index contributed by atoms with van der Waals surface area (Å²) >= 11 is 5.43. The number of halogens is 1. The van der Waals surface area contributed by atoms with E-state index in [-0.39, 0.29) is 0 Å². The Balaban J connectivity index is 3.12. The van der Waals surface area contributed by atoms with Gasteiger partial charge in [0.2, 0.25) is 0 Å². The first kappa shape index (κ1) is 18.0. The lowest BCUT2D eigenvalue weighted by molar-refractivity contribution is 0.573. The van der Waals surface area contributed by atoms with Crippen molar-refractivity contribution in [3.05, 3.63) is 0 Å². The van der Waals surface area contributed by atoms with Crippen molar-refractivity contribution in [2.45, 2.75) is 70.6 Å². The van der Waals surface area contributed by atoms with E-state index in [4.69, 9.17) is 18.0 Å². The molecule has 0 N–H and O–H groups in total. The summed E-state index contributed by atoms with van der Waals surface area (Å²) < 4.78 is 0. The second-order valence-corrected chi connectivity index (χ2v) is 4.82. The van der Waals surface area contributed by atoms with Crippen molar-refractivity contribution in [2.24, 2.45) is 0 Å². The normalized spacial score (nSPS) is 8.84. The second kappa shape index (κ2) is 17.0. The molecule has 0 saturated carbocycles. The van der Waals surface area contributed by atoms with E-state index in [1.54, 1.807) is 0 Å². The van der Waals surface area contributed by atoms with E-state index in [2.05, 4.69) is 29.6 Å². The first-order valence-electron chi connectivity index (χ1n) is 7.32.